The third-order valence-electron chi connectivity index (χ3n) is 2.75. The molecule has 0 radical (unpaired) electrons. The summed E-state index contributed by atoms with van der Waals surface area (Å²) >= 11 is 0. The monoisotopic (exact) mass is 280 g/mol. The largest absolute Gasteiger partial charge is 0.495 e. The van der Waals surface area contributed by atoms with Crippen molar-refractivity contribution in [1.82, 2.24) is 0 Å². The molecule has 0 fully saturated rings. The van der Waals surface area contributed by atoms with Gasteiger partial charge < -0.3 is 9.84 Å². The zero-order valence-corrected chi connectivity index (χ0v) is 9.52. The molecule has 1 aromatic carbocycles. The zero-order valence-electron chi connectivity index (χ0n) is 9.52. The van der Waals surface area contributed by atoms with Crippen LogP contribution in [0.15, 0.2) is 11.8 Å². The standard InChI is InChI=1S/C12H9F5O2/c13-7-6(8(14)10(16)11(17)9(7)15)12(18)5-3-1-2-4-19-5/h3,12,18H,1-2,4H2. The van der Waals surface area contributed by atoms with Crippen molar-refractivity contribution < 1.29 is 31.8 Å². The SMILES string of the molecule is OC(C1=CCCCO1)c1c(F)c(F)c(F)c(F)c1F. The van der Waals surface area contributed by atoms with Gasteiger partial charge in [0.2, 0.25) is 5.82 Å². The van der Waals surface area contributed by atoms with E-state index < -0.39 is 40.8 Å². The van der Waals surface area contributed by atoms with Gasteiger partial charge in [0, 0.05) is 0 Å². The lowest BCUT2D eigenvalue weighted by atomic mass is 10.0. The highest BCUT2D eigenvalue weighted by Gasteiger charge is 2.32. The van der Waals surface area contributed by atoms with Gasteiger partial charge in [-0.15, -0.1) is 0 Å². The van der Waals surface area contributed by atoms with Crippen LogP contribution in [-0.4, -0.2) is 11.7 Å². The fourth-order valence-electron chi connectivity index (χ4n) is 1.77. The molecule has 0 aliphatic carbocycles. The number of hydrogen-bond donors (Lipinski definition) is 1. The Labute approximate surface area is 105 Å². The minimum atomic E-state index is -2.26. The summed E-state index contributed by atoms with van der Waals surface area (Å²) in [5, 5.41) is 9.72. The van der Waals surface area contributed by atoms with Crippen molar-refractivity contribution in [3.8, 4) is 0 Å². The van der Waals surface area contributed by atoms with E-state index in [9.17, 15) is 27.1 Å². The topological polar surface area (TPSA) is 29.5 Å². The van der Waals surface area contributed by atoms with Gasteiger partial charge in [-0.25, -0.2) is 22.0 Å². The Balaban J connectivity index is 2.53. The molecule has 1 aliphatic rings. The number of halogens is 5. The zero-order chi connectivity index (χ0) is 14.2. The molecule has 0 saturated carbocycles. The maximum absolute atomic E-state index is 13.4. The van der Waals surface area contributed by atoms with Crippen molar-refractivity contribution in [1.29, 1.82) is 0 Å². The van der Waals surface area contributed by atoms with E-state index in [1.54, 1.807) is 0 Å². The number of aliphatic hydroxyl groups is 1. The van der Waals surface area contributed by atoms with Crippen molar-refractivity contribution >= 4 is 0 Å². The van der Waals surface area contributed by atoms with Crippen molar-refractivity contribution in [3.63, 3.8) is 0 Å². The van der Waals surface area contributed by atoms with Crippen LogP contribution in [0.2, 0.25) is 0 Å². The Kier molecular flexibility index (Phi) is 3.75. The summed E-state index contributed by atoms with van der Waals surface area (Å²) in [6, 6.07) is 0. The maximum atomic E-state index is 13.4. The highest BCUT2D eigenvalue weighted by Crippen LogP contribution is 2.33. The smallest absolute Gasteiger partial charge is 0.200 e. The Hall–Kier alpha value is -1.63. The molecule has 1 heterocycles. The molecule has 0 spiro atoms. The first kappa shape index (κ1) is 13.8. The molecule has 1 aliphatic heterocycles. The lowest BCUT2D eigenvalue weighted by Crippen LogP contribution is -2.16. The highest BCUT2D eigenvalue weighted by atomic mass is 19.2. The van der Waals surface area contributed by atoms with Gasteiger partial charge in [0.1, 0.15) is 11.9 Å². The lowest BCUT2D eigenvalue weighted by Gasteiger charge is -2.21. The summed E-state index contributed by atoms with van der Waals surface area (Å²) in [6.45, 7) is 0.207. The van der Waals surface area contributed by atoms with E-state index in [-0.39, 0.29) is 12.4 Å². The van der Waals surface area contributed by atoms with Crippen LogP contribution >= 0.6 is 0 Å². The summed E-state index contributed by atoms with van der Waals surface area (Å²) < 4.78 is 70.7. The molecule has 1 aromatic rings. The highest BCUT2D eigenvalue weighted by molar-refractivity contribution is 5.30. The fraction of sp³-hybridized carbons (Fsp3) is 0.333. The molecule has 1 atom stereocenters. The molecule has 104 valence electrons. The van der Waals surface area contributed by atoms with Crippen LogP contribution in [0.3, 0.4) is 0 Å². The number of benzene rings is 1. The lowest BCUT2D eigenvalue weighted by molar-refractivity contribution is 0.0859. The maximum Gasteiger partial charge on any atom is 0.200 e. The van der Waals surface area contributed by atoms with E-state index in [1.807, 2.05) is 0 Å². The van der Waals surface area contributed by atoms with Gasteiger partial charge in [-0.1, -0.05) is 0 Å². The van der Waals surface area contributed by atoms with E-state index in [2.05, 4.69) is 0 Å². The number of aliphatic hydroxyl groups excluding tert-OH is 1. The molecule has 2 nitrogen and oxygen atoms in total. The van der Waals surface area contributed by atoms with E-state index in [4.69, 9.17) is 4.74 Å². The Morgan fingerprint density at radius 1 is 0.947 bits per heavy atom. The number of rotatable bonds is 2. The van der Waals surface area contributed by atoms with Gasteiger partial charge in [-0.05, 0) is 18.9 Å². The van der Waals surface area contributed by atoms with Gasteiger partial charge in [-0.3, -0.25) is 0 Å². The van der Waals surface area contributed by atoms with E-state index in [0.717, 1.165) is 0 Å². The van der Waals surface area contributed by atoms with Crippen molar-refractivity contribution in [2.45, 2.75) is 18.9 Å². The predicted octanol–water partition coefficient (Wildman–Crippen LogP) is 3.11. The average molecular weight is 280 g/mol. The second kappa shape index (κ2) is 5.16. The average Bonchev–Trinajstić information content (AvgIpc) is 2.44. The predicted molar refractivity (Wildman–Crippen MR) is 54.5 cm³/mol. The van der Waals surface area contributed by atoms with Crippen LogP contribution in [-0.2, 0) is 4.74 Å². The van der Waals surface area contributed by atoms with E-state index >= 15 is 0 Å². The van der Waals surface area contributed by atoms with Gasteiger partial charge in [0.05, 0.1) is 12.2 Å². The van der Waals surface area contributed by atoms with Crippen LogP contribution in [0, 0.1) is 29.1 Å². The van der Waals surface area contributed by atoms with Crippen molar-refractivity contribution in [2.24, 2.45) is 0 Å². The van der Waals surface area contributed by atoms with E-state index in [0.29, 0.717) is 12.8 Å². The van der Waals surface area contributed by atoms with Crippen LogP contribution in [0.5, 0.6) is 0 Å². The number of ether oxygens (including phenoxy) is 1. The Morgan fingerprint density at radius 3 is 1.95 bits per heavy atom. The summed E-state index contributed by atoms with van der Waals surface area (Å²) in [7, 11) is 0. The third-order valence-corrected chi connectivity index (χ3v) is 2.75. The summed E-state index contributed by atoms with van der Waals surface area (Å²) in [5.74, 6) is -10.8. The normalized spacial score (nSPS) is 16.8. The molecule has 0 saturated heterocycles. The number of allylic oxidation sites excluding steroid dienone is 1. The quantitative estimate of drug-likeness (QED) is 0.512. The molecule has 0 amide bonds. The Morgan fingerprint density at radius 2 is 1.47 bits per heavy atom. The summed E-state index contributed by atoms with van der Waals surface area (Å²) in [5.41, 5.74) is -1.30. The second-order valence-corrected chi connectivity index (χ2v) is 3.98. The molecule has 0 aromatic heterocycles. The van der Waals surface area contributed by atoms with Crippen LogP contribution in [0.4, 0.5) is 22.0 Å². The Bertz CT molecular complexity index is 512. The molecule has 2 rings (SSSR count). The molecule has 1 unspecified atom stereocenters. The van der Waals surface area contributed by atoms with Crippen LogP contribution in [0.1, 0.15) is 24.5 Å². The molecule has 19 heavy (non-hydrogen) atoms. The number of hydrogen-bond acceptors (Lipinski definition) is 2. The molecular weight excluding hydrogens is 271 g/mol. The van der Waals surface area contributed by atoms with Gasteiger partial charge in [-0.2, -0.15) is 0 Å². The van der Waals surface area contributed by atoms with Crippen LogP contribution < -0.4 is 0 Å². The second-order valence-electron chi connectivity index (χ2n) is 3.98. The fourth-order valence-corrected chi connectivity index (χ4v) is 1.77. The molecule has 1 N–H and O–H groups in total. The first-order chi connectivity index (χ1) is 8.95. The van der Waals surface area contributed by atoms with Crippen molar-refractivity contribution in [2.75, 3.05) is 6.61 Å². The van der Waals surface area contributed by atoms with Gasteiger partial charge in [0.15, 0.2) is 23.3 Å². The summed E-state index contributed by atoms with van der Waals surface area (Å²) in [4.78, 5) is 0. The van der Waals surface area contributed by atoms with Gasteiger partial charge in [0.25, 0.3) is 0 Å². The van der Waals surface area contributed by atoms with Gasteiger partial charge >= 0.3 is 0 Å². The summed E-state index contributed by atoms with van der Waals surface area (Å²) in [6.07, 6.45) is 0.464. The first-order valence-electron chi connectivity index (χ1n) is 5.47. The third kappa shape index (κ3) is 2.30. The van der Waals surface area contributed by atoms with Crippen molar-refractivity contribution in [3.05, 3.63) is 46.5 Å². The van der Waals surface area contributed by atoms with E-state index in [1.165, 1.54) is 6.08 Å². The first-order valence-corrected chi connectivity index (χ1v) is 5.47. The minimum Gasteiger partial charge on any atom is -0.495 e. The molecular formula is C12H9F5O2. The molecule has 7 heteroatoms. The minimum absolute atomic E-state index is 0.207. The van der Waals surface area contributed by atoms with Crippen LogP contribution in [0.25, 0.3) is 0 Å². The molecule has 0 bridgehead atoms.